The van der Waals surface area contributed by atoms with Crippen molar-refractivity contribution in [2.24, 2.45) is 5.92 Å². The van der Waals surface area contributed by atoms with Crippen LogP contribution in [0.15, 0.2) is 0 Å². The van der Waals surface area contributed by atoms with Gasteiger partial charge in [0.1, 0.15) is 0 Å². The maximum absolute atomic E-state index is 10.5. The first-order valence-electron chi connectivity index (χ1n) is 5.75. The second-order valence-corrected chi connectivity index (χ2v) is 6.06. The molecule has 0 rings (SSSR count). The highest BCUT2D eigenvalue weighted by molar-refractivity contribution is 7.51. The second-order valence-electron chi connectivity index (χ2n) is 4.29. The molecule has 98 valence electrons. The molecule has 0 unspecified atom stereocenters. The van der Waals surface area contributed by atoms with Crippen LogP contribution in [0.3, 0.4) is 0 Å². The summed E-state index contributed by atoms with van der Waals surface area (Å²) in [5.41, 5.74) is 0. The van der Waals surface area contributed by atoms with Crippen LogP contribution in [0.5, 0.6) is 0 Å². The van der Waals surface area contributed by atoms with E-state index in [1.165, 1.54) is 0 Å². The molecular weight excluding hydrogens is 229 g/mol. The molecule has 0 aromatic rings. The predicted octanol–water partition coefficient (Wildman–Crippen LogP) is 1.21. The summed E-state index contributed by atoms with van der Waals surface area (Å²) < 4.78 is 15.9. The summed E-state index contributed by atoms with van der Waals surface area (Å²) in [6.45, 7) is 7.11. The normalized spacial score (nSPS) is 12.3. The second kappa shape index (κ2) is 9.14. The van der Waals surface area contributed by atoms with E-state index in [2.05, 4.69) is 19.2 Å². The molecule has 0 bridgehead atoms. The van der Waals surface area contributed by atoms with Crippen LogP contribution in [0.4, 0.5) is 0 Å². The van der Waals surface area contributed by atoms with Gasteiger partial charge >= 0.3 is 7.60 Å². The molecule has 0 spiro atoms. The maximum atomic E-state index is 10.5. The zero-order valence-electron chi connectivity index (χ0n) is 10.2. The number of rotatable bonds is 10. The predicted molar refractivity (Wildman–Crippen MR) is 64.7 cm³/mol. The highest BCUT2D eigenvalue weighted by Gasteiger charge is 2.10. The largest absolute Gasteiger partial charge is 0.380 e. The zero-order chi connectivity index (χ0) is 12.4. The molecule has 3 N–H and O–H groups in total. The Morgan fingerprint density at radius 1 is 1.25 bits per heavy atom. The van der Waals surface area contributed by atoms with Crippen LogP contribution >= 0.6 is 7.60 Å². The Balaban J connectivity index is 3.08. The molecule has 0 aromatic carbocycles. The van der Waals surface area contributed by atoms with E-state index in [9.17, 15) is 4.57 Å². The van der Waals surface area contributed by atoms with Crippen molar-refractivity contribution in [3.63, 3.8) is 0 Å². The van der Waals surface area contributed by atoms with Gasteiger partial charge in [0.15, 0.2) is 0 Å². The highest BCUT2D eigenvalue weighted by atomic mass is 31.2. The van der Waals surface area contributed by atoms with E-state index in [0.29, 0.717) is 25.5 Å². The topological polar surface area (TPSA) is 78.8 Å². The highest BCUT2D eigenvalue weighted by Crippen LogP contribution is 2.34. The van der Waals surface area contributed by atoms with Gasteiger partial charge in [-0.3, -0.25) is 4.57 Å². The zero-order valence-corrected chi connectivity index (χ0v) is 11.1. The summed E-state index contributed by atoms with van der Waals surface area (Å²) >= 11 is 0. The Kier molecular flexibility index (Phi) is 9.18. The van der Waals surface area contributed by atoms with E-state index in [1.54, 1.807) is 0 Å². The molecule has 5 nitrogen and oxygen atoms in total. The minimum Gasteiger partial charge on any atom is -0.380 e. The van der Waals surface area contributed by atoms with Crippen molar-refractivity contribution < 1.29 is 19.1 Å². The molecule has 0 saturated carbocycles. The van der Waals surface area contributed by atoms with Crippen LogP contribution in [0.2, 0.25) is 0 Å². The Hall–Kier alpha value is 0.0700. The Morgan fingerprint density at radius 2 is 1.94 bits per heavy atom. The number of ether oxygens (including phenoxy) is 1. The average Bonchev–Trinajstić information content (AvgIpc) is 2.13. The first-order chi connectivity index (χ1) is 7.42. The van der Waals surface area contributed by atoms with Crippen molar-refractivity contribution in [1.82, 2.24) is 5.32 Å². The van der Waals surface area contributed by atoms with Crippen LogP contribution in [-0.4, -0.2) is 42.3 Å². The smallest absolute Gasteiger partial charge is 0.325 e. The molecule has 0 radical (unpaired) electrons. The van der Waals surface area contributed by atoms with Crippen molar-refractivity contribution in [1.29, 1.82) is 0 Å². The van der Waals surface area contributed by atoms with Crippen LogP contribution in [0.1, 0.15) is 26.7 Å². The van der Waals surface area contributed by atoms with E-state index >= 15 is 0 Å². The molecule has 0 atom stereocenters. The van der Waals surface area contributed by atoms with Gasteiger partial charge in [-0.25, -0.2) is 0 Å². The van der Waals surface area contributed by atoms with E-state index in [0.717, 1.165) is 19.6 Å². The fourth-order valence-corrected chi connectivity index (χ4v) is 1.67. The third-order valence-electron chi connectivity index (χ3n) is 2.07. The third kappa shape index (κ3) is 14.1. The fraction of sp³-hybridized carbons (Fsp3) is 1.00. The Bertz CT molecular complexity index is 205. The van der Waals surface area contributed by atoms with Gasteiger partial charge in [-0.15, -0.1) is 0 Å². The van der Waals surface area contributed by atoms with Gasteiger partial charge in [0.25, 0.3) is 0 Å². The molecule has 0 amide bonds. The fourth-order valence-electron chi connectivity index (χ4n) is 1.10. The molecular formula is C10H24NO4P. The van der Waals surface area contributed by atoms with Gasteiger partial charge in [-0.05, 0) is 25.3 Å². The molecule has 6 heteroatoms. The van der Waals surface area contributed by atoms with Gasteiger partial charge in [-0.1, -0.05) is 13.8 Å². The van der Waals surface area contributed by atoms with Gasteiger partial charge in [0.2, 0.25) is 0 Å². The van der Waals surface area contributed by atoms with Crippen molar-refractivity contribution in [2.75, 3.05) is 32.5 Å². The SMILES string of the molecule is CC(C)CCOCCNCCCP(=O)(O)O. The minimum absolute atomic E-state index is 0.0474. The van der Waals surface area contributed by atoms with Crippen LogP contribution in [-0.2, 0) is 9.30 Å². The van der Waals surface area contributed by atoms with E-state index in [4.69, 9.17) is 14.5 Å². The molecule has 0 heterocycles. The lowest BCUT2D eigenvalue weighted by Crippen LogP contribution is -2.21. The molecule has 0 aromatic heterocycles. The van der Waals surface area contributed by atoms with E-state index < -0.39 is 7.60 Å². The summed E-state index contributed by atoms with van der Waals surface area (Å²) in [5, 5.41) is 3.08. The van der Waals surface area contributed by atoms with Crippen LogP contribution < -0.4 is 5.32 Å². The van der Waals surface area contributed by atoms with E-state index in [1.807, 2.05) is 0 Å². The molecule has 16 heavy (non-hydrogen) atoms. The quantitative estimate of drug-likeness (QED) is 0.403. The summed E-state index contributed by atoms with van der Waals surface area (Å²) in [7, 11) is -3.81. The molecule has 0 aliphatic heterocycles. The lowest BCUT2D eigenvalue weighted by molar-refractivity contribution is 0.125. The minimum atomic E-state index is -3.81. The van der Waals surface area contributed by atoms with Crippen molar-refractivity contribution in [3.8, 4) is 0 Å². The Labute approximate surface area is 97.7 Å². The number of nitrogens with one attached hydrogen (secondary N) is 1. The molecule has 0 fully saturated rings. The average molecular weight is 253 g/mol. The van der Waals surface area contributed by atoms with Crippen molar-refractivity contribution in [2.45, 2.75) is 26.7 Å². The van der Waals surface area contributed by atoms with Crippen LogP contribution in [0.25, 0.3) is 0 Å². The summed E-state index contributed by atoms with van der Waals surface area (Å²) in [5.74, 6) is 0.663. The molecule has 0 saturated heterocycles. The lowest BCUT2D eigenvalue weighted by atomic mass is 10.1. The van der Waals surface area contributed by atoms with E-state index in [-0.39, 0.29) is 6.16 Å². The lowest BCUT2D eigenvalue weighted by Gasteiger charge is -2.08. The number of hydrogen-bond acceptors (Lipinski definition) is 3. The summed E-state index contributed by atoms with van der Waals surface area (Å²) in [6.07, 6.45) is 1.52. The van der Waals surface area contributed by atoms with Crippen molar-refractivity contribution in [3.05, 3.63) is 0 Å². The molecule has 0 aliphatic carbocycles. The summed E-state index contributed by atoms with van der Waals surface area (Å²) in [4.78, 5) is 17.2. The number of hydrogen-bond donors (Lipinski definition) is 3. The van der Waals surface area contributed by atoms with Crippen molar-refractivity contribution >= 4 is 7.60 Å². The maximum Gasteiger partial charge on any atom is 0.325 e. The van der Waals surface area contributed by atoms with Gasteiger partial charge < -0.3 is 19.8 Å². The summed E-state index contributed by atoms with van der Waals surface area (Å²) in [6, 6.07) is 0. The first-order valence-corrected chi connectivity index (χ1v) is 7.54. The Morgan fingerprint density at radius 3 is 2.50 bits per heavy atom. The standard InChI is InChI=1S/C10H24NO4P/c1-10(2)4-7-15-8-6-11-5-3-9-16(12,13)14/h10-11H,3-9H2,1-2H3,(H2,12,13,14). The van der Waals surface area contributed by atoms with Gasteiger partial charge in [-0.2, -0.15) is 0 Å². The van der Waals surface area contributed by atoms with Gasteiger partial charge in [0, 0.05) is 13.2 Å². The monoisotopic (exact) mass is 253 g/mol. The van der Waals surface area contributed by atoms with Crippen LogP contribution in [0, 0.1) is 5.92 Å². The molecule has 0 aliphatic rings. The first kappa shape index (κ1) is 16.1. The third-order valence-corrected chi connectivity index (χ3v) is 2.96. The van der Waals surface area contributed by atoms with Gasteiger partial charge in [0.05, 0.1) is 12.8 Å².